The predicted octanol–water partition coefficient (Wildman–Crippen LogP) is 1.98. The van der Waals surface area contributed by atoms with Gasteiger partial charge in [0.05, 0.1) is 5.69 Å². The van der Waals surface area contributed by atoms with Crippen LogP contribution in [0.3, 0.4) is 0 Å². The van der Waals surface area contributed by atoms with Crippen molar-refractivity contribution in [3.8, 4) is 0 Å². The van der Waals surface area contributed by atoms with Gasteiger partial charge >= 0.3 is 0 Å². The van der Waals surface area contributed by atoms with Gasteiger partial charge in [0, 0.05) is 37.3 Å². The van der Waals surface area contributed by atoms with Crippen LogP contribution in [0.1, 0.15) is 12.8 Å². The third-order valence-corrected chi connectivity index (χ3v) is 7.38. The number of nitrogens with one attached hydrogen (secondary N) is 1. The van der Waals surface area contributed by atoms with E-state index >= 15 is 0 Å². The minimum Gasteiger partial charge on any atom is -0.398 e. The number of sulfonamides is 1. The second-order valence-electron chi connectivity index (χ2n) is 4.55. The van der Waals surface area contributed by atoms with E-state index in [0.717, 1.165) is 0 Å². The maximum atomic E-state index is 12.4. The van der Waals surface area contributed by atoms with Crippen molar-refractivity contribution in [2.75, 3.05) is 17.2 Å². The van der Waals surface area contributed by atoms with Crippen molar-refractivity contribution in [3.05, 3.63) is 21.1 Å². The average Bonchev–Trinajstić information content (AvgIpc) is 2.30. The van der Waals surface area contributed by atoms with Gasteiger partial charge in [-0.1, -0.05) is 15.9 Å². The van der Waals surface area contributed by atoms with E-state index in [2.05, 4.69) is 36.6 Å². The van der Waals surface area contributed by atoms with Crippen molar-refractivity contribution < 1.29 is 12.6 Å². The Morgan fingerprint density at radius 2 is 1.85 bits per heavy atom. The molecular formula is C11H14Br2N2O3S2. The number of hydrogen-bond acceptors (Lipinski definition) is 4. The number of halogens is 2. The molecule has 0 amide bonds. The zero-order valence-electron chi connectivity index (χ0n) is 10.4. The molecule has 1 fully saturated rings. The smallest absolute Gasteiger partial charge is 0.243 e. The Morgan fingerprint density at radius 1 is 1.25 bits per heavy atom. The molecule has 2 rings (SSSR count). The number of anilines is 1. The molecule has 1 aliphatic heterocycles. The molecule has 0 radical (unpaired) electrons. The van der Waals surface area contributed by atoms with Crippen LogP contribution in [0.4, 0.5) is 5.69 Å². The highest BCUT2D eigenvalue weighted by molar-refractivity contribution is 9.11. The number of nitrogen functional groups attached to an aromatic ring is 1. The topological polar surface area (TPSA) is 89.3 Å². The molecule has 1 aromatic carbocycles. The van der Waals surface area contributed by atoms with Crippen LogP contribution in [0.25, 0.3) is 0 Å². The fraction of sp³-hybridized carbons (Fsp3) is 0.455. The molecule has 20 heavy (non-hydrogen) atoms. The Hall–Kier alpha value is 0.0400. The van der Waals surface area contributed by atoms with Gasteiger partial charge in [-0.15, -0.1) is 0 Å². The van der Waals surface area contributed by atoms with Crippen LogP contribution < -0.4 is 10.5 Å². The largest absolute Gasteiger partial charge is 0.398 e. The highest BCUT2D eigenvalue weighted by Crippen LogP contribution is 2.32. The number of benzene rings is 1. The zero-order chi connectivity index (χ0) is 14.9. The highest BCUT2D eigenvalue weighted by Gasteiger charge is 2.27. The summed E-state index contributed by atoms with van der Waals surface area (Å²) in [5.41, 5.74) is 5.99. The SMILES string of the molecule is Nc1cc(Br)cc(Br)c1S(=O)(=O)NC1CCS(=O)CC1. The Bertz CT molecular complexity index is 616. The van der Waals surface area contributed by atoms with Gasteiger partial charge in [0.15, 0.2) is 0 Å². The summed E-state index contributed by atoms with van der Waals surface area (Å²) in [5, 5.41) is 0. The quantitative estimate of drug-likeness (QED) is 0.696. The van der Waals surface area contributed by atoms with E-state index in [-0.39, 0.29) is 16.6 Å². The molecule has 1 aromatic rings. The molecule has 0 unspecified atom stereocenters. The summed E-state index contributed by atoms with van der Waals surface area (Å²) in [7, 11) is -4.52. The van der Waals surface area contributed by atoms with E-state index in [4.69, 9.17) is 5.73 Å². The molecule has 1 aliphatic rings. The molecular weight excluding hydrogens is 432 g/mol. The van der Waals surface area contributed by atoms with Crippen molar-refractivity contribution in [1.82, 2.24) is 4.72 Å². The van der Waals surface area contributed by atoms with E-state index < -0.39 is 20.8 Å². The van der Waals surface area contributed by atoms with Gasteiger partial charge in [-0.3, -0.25) is 4.21 Å². The van der Waals surface area contributed by atoms with Crippen LogP contribution in [-0.2, 0) is 20.8 Å². The number of hydrogen-bond donors (Lipinski definition) is 2. The third-order valence-electron chi connectivity index (χ3n) is 3.02. The number of nitrogens with two attached hydrogens (primary N) is 1. The molecule has 5 nitrogen and oxygen atoms in total. The van der Waals surface area contributed by atoms with Crippen LogP contribution in [0.5, 0.6) is 0 Å². The first-order valence-corrected chi connectivity index (χ1v) is 10.5. The Morgan fingerprint density at radius 3 is 2.40 bits per heavy atom. The number of rotatable bonds is 3. The lowest BCUT2D eigenvalue weighted by atomic mass is 10.2. The first-order valence-electron chi connectivity index (χ1n) is 5.91. The molecule has 1 heterocycles. The highest BCUT2D eigenvalue weighted by atomic mass is 79.9. The lowest BCUT2D eigenvalue weighted by molar-refractivity contribution is 0.522. The van der Waals surface area contributed by atoms with Gasteiger partial charge in [0.25, 0.3) is 0 Å². The standard InChI is InChI=1S/C11H14Br2N2O3S2/c12-7-5-9(13)11(10(14)6-7)20(17,18)15-8-1-3-19(16)4-2-8/h5-6,8,15H,1-4,14H2. The molecule has 9 heteroatoms. The first-order chi connectivity index (χ1) is 9.29. The second-order valence-corrected chi connectivity index (χ2v) is 9.67. The van der Waals surface area contributed by atoms with Crippen LogP contribution in [0.2, 0.25) is 0 Å². The van der Waals surface area contributed by atoms with Crippen molar-refractivity contribution in [1.29, 1.82) is 0 Å². The van der Waals surface area contributed by atoms with Gasteiger partial charge < -0.3 is 5.73 Å². The summed E-state index contributed by atoms with van der Waals surface area (Å²) >= 11 is 6.49. The summed E-state index contributed by atoms with van der Waals surface area (Å²) in [6, 6.07) is 3.00. The van der Waals surface area contributed by atoms with E-state index in [0.29, 0.717) is 33.3 Å². The van der Waals surface area contributed by atoms with E-state index in [9.17, 15) is 12.6 Å². The molecule has 0 bridgehead atoms. The fourth-order valence-electron chi connectivity index (χ4n) is 2.05. The lowest BCUT2D eigenvalue weighted by Gasteiger charge is -2.23. The van der Waals surface area contributed by atoms with Crippen molar-refractivity contribution in [2.24, 2.45) is 0 Å². The Labute approximate surface area is 137 Å². The summed E-state index contributed by atoms with van der Waals surface area (Å²) in [6.07, 6.45) is 1.17. The van der Waals surface area contributed by atoms with Crippen molar-refractivity contribution in [2.45, 2.75) is 23.8 Å². The van der Waals surface area contributed by atoms with Gasteiger partial charge in [0.1, 0.15) is 4.90 Å². The molecule has 1 saturated heterocycles. The summed E-state index contributed by atoms with van der Waals surface area (Å²) in [5.74, 6) is 1.06. The minimum absolute atomic E-state index is 0.0485. The Kier molecular flexibility index (Phi) is 5.28. The molecule has 112 valence electrons. The van der Waals surface area contributed by atoms with Crippen molar-refractivity contribution in [3.63, 3.8) is 0 Å². The minimum atomic E-state index is -3.70. The van der Waals surface area contributed by atoms with Gasteiger partial charge in [-0.25, -0.2) is 13.1 Å². The Balaban J connectivity index is 2.25. The lowest BCUT2D eigenvalue weighted by Crippen LogP contribution is -2.39. The molecule has 3 N–H and O–H groups in total. The summed E-state index contributed by atoms with van der Waals surface area (Å²) in [6.45, 7) is 0. The normalized spacial score (nSPS) is 23.7. The van der Waals surface area contributed by atoms with E-state index in [1.807, 2.05) is 0 Å². The van der Waals surface area contributed by atoms with Crippen LogP contribution in [0.15, 0.2) is 26.0 Å². The third kappa shape index (κ3) is 3.82. The molecule has 0 spiro atoms. The summed E-state index contributed by atoms with van der Waals surface area (Å²) in [4.78, 5) is 0.0485. The van der Waals surface area contributed by atoms with Crippen molar-refractivity contribution >= 4 is 58.4 Å². The second kappa shape index (κ2) is 6.43. The van der Waals surface area contributed by atoms with Crippen LogP contribution >= 0.6 is 31.9 Å². The van der Waals surface area contributed by atoms with Gasteiger partial charge in [-0.05, 0) is 40.9 Å². The zero-order valence-corrected chi connectivity index (χ0v) is 15.2. The van der Waals surface area contributed by atoms with Gasteiger partial charge in [0.2, 0.25) is 10.0 Å². The maximum Gasteiger partial charge on any atom is 0.243 e. The molecule has 0 aliphatic carbocycles. The molecule has 0 aromatic heterocycles. The predicted molar refractivity (Wildman–Crippen MR) is 87.5 cm³/mol. The molecule has 0 saturated carbocycles. The van der Waals surface area contributed by atoms with Gasteiger partial charge in [-0.2, -0.15) is 0 Å². The summed E-state index contributed by atoms with van der Waals surface area (Å²) < 4.78 is 39.9. The molecule has 0 atom stereocenters. The van der Waals surface area contributed by atoms with E-state index in [1.54, 1.807) is 12.1 Å². The fourth-order valence-corrected chi connectivity index (χ4v) is 6.73. The van der Waals surface area contributed by atoms with Crippen LogP contribution in [0, 0.1) is 0 Å². The van der Waals surface area contributed by atoms with Crippen LogP contribution in [-0.4, -0.2) is 30.2 Å². The first kappa shape index (κ1) is 16.4. The van der Waals surface area contributed by atoms with E-state index in [1.165, 1.54) is 0 Å². The average molecular weight is 446 g/mol. The monoisotopic (exact) mass is 444 g/mol. The maximum absolute atomic E-state index is 12.4.